The molecule has 1 aromatic carbocycles. The Balaban J connectivity index is 2.03. The molecule has 0 aromatic heterocycles. The molecule has 0 spiro atoms. The summed E-state index contributed by atoms with van der Waals surface area (Å²) in [7, 11) is 0. The smallest absolute Gasteiger partial charge is 0.227 e. The number of hydrogen-bond acceptors (Lipinski definition) is 2. The van der Waals surface area contributed by atoms with Crippen LogP contribution in [0.5, 0.6) is 0 Å². The van der Waals surface area contributed by atoms with Gasteiger partial charge in [0, 0.05) is 6.54 Å². The summed E-state index contributed by atoms with van der Waals surface area (Å²) >= 11 is 0. The number of carbonyl (C=O) groups is 1. The molecule has 0 radical (unpaired) electrons. The van der Waals surface area contributed by atoms with E-state index in [0.29, 0.717) is 12.5 Å². The molecule has 1 fully saturated rings. The predicted molar refractivity (Wildman–Crippen MR) is 87.0 cm³/mol. The average Bonchev–Trinajstić information content (AvgIpc) is 2.97. The van der Waals surface area contributed by atoms with Gasteiger partial charge in [-0.05, 0) is 36.8 Å². The highest BCUT2D eigenvalue weighted by atomic mass is 16.2. The molecule has 1 aliphatic rings. The van der Waals surface area contributed by atoms with Crippen LogP contribution in [-0.4, -0.2) is 12.5 Å². The van der Waals surface area contributed by atoms with Crippen molar-refractivity contribution in [3.05, 3.63) is 35.4 Å². The molecule has 1 saturated carbocycles. The van der Waals surface area contributed by atoms with Crippen LogP contribution in [0.25, 0.3) is 0 Å². The fraction of sp³-hybridized carbons (Fsp3) is 0.611. The Hall–Kier alpha value is -1.35. The van der Waals surface area contributed by atoms with E-state index in [1.807, 2.05) is 6.92 Å². The molecule has 2 rings (SSSR count). The van der Waals surface area contributed by atoms with Gasteiger partial charge in [-0.15, -0.1) is 0 Å². The number of nitrogens with two attached hydrogens (primary N) is 1. The number of nitrogens with one attached hydrogen (secondary N) is 1. The van der Waals surface area contributed by atoms with Gasteiger partial charge in [0.1, 0.15) is 0 Å². The number of amides is 1. The van der Waals surface area contributed by atoms with E-state index in [1.54, 1.807) is 0 Å². The normalized spacial score (nSPS) is 18.7. The molecule has 1 amide bonds. The Kier molecular flexibility index (Phi) is 5.04. The van der Waals surface area contributed by atoms with E-state index in [0.717, 1.165) is 31.2 Å². The van der Waals surface area contributed by atoms with Gasteiger partial charge in [0.15, 0.2) is 0 Å². The molecule has 1 aromatic rings. The fourth-order valence-corrected chi connectivity index (χ4v) is 3.18. The van der Waals surface area contributed by atoms with E-state index < -0.39 is 0 Å². The molecule has 0 saturated heterocycles. The summed E-state index contributed by atoms with van der Waals surface area (Å²) < 4.78 is 0. The third-order valence-corrected chi connectivity index (χ3v) is 4.88. The first-order valence-electron chi connectivity index (χ1n) is 8.09. The Bertz CT molecular complexity index is 472. The summed E-state index contributed by atoms with van der Waals surface area (Å²) in [5.74, 6) is 0.658. The van der Waals surface area contributed by atoms with Crippen molar-refractivity contribution in [2.24, 2.45) is 11.1 Å². The van der Waals surface area contributed by atoms with Crippen LogP contribution in [0.2, 0.25) is 0 Å². The molecule has 3 heteroatoms. The maximum atomic E-state index is 12.6. The molecule has 1 atom stereocenters. The minimum absolute atomic E-state index is 0.0303. The van der Waals surface area contributed by atoms with Crippen molar-refractivity contribution in [3.63, 3.8) is 0 Å². The zero-order valence-corrected chi connectivity index (χ0v) is 13.5. The molecule has 1 aliphatic carbocycles. The summed E-state index contributed by atoms with van der Waals surface area (Å²) in [6.45, 7) is 6.87. The third-order valence-electron chi connectivity index (χ3n) is 4.88. The summed E-state index contributed by atoms with van der Waals surface area (Å²) in [4.78, 5) is 12.6. The largest absolute Gasteiger partial charge is 0.349 e. The van der Waals surface area contributed by atoms with Gasteiger partial charge in [-0.1, -0.05) is 51.0 Å². The number of carbonyl (C=O) groups excluding carboxylic acids is 1. The Morgan fingerprint density at radius 1 is 1.14 bits per heavy atom. The van der Waals surface area contributed by atoms with Crippen LogP contribution >= 0.6 is 0 Å². The second-order valence-corrected chi connectivity index (χ2v) is 6.71. The molecular weight excluding hydrogens is 260 g/mol. The Morgan fingerprint density at radius 2 is 1.67 bits per heavy atom. The van der Waals surface area contributed by atoms with Gasteiger partial charge in [-0.3, -0.25) is 4.79 Å². The van der Waals surface area contributed by atoms with Crippen molar-refractivity contribution >= 4 is 5.91 Å². The van der Waals surface area contributed by atoms with Crippen molar-refractivity contribution in [1.29, 1.82) is 0 Å². The van der Waals surface area contributed by atoms with Crippen LogP contribution in [-0.2, 0) is 4.79 Å². The number of benzene rings is 1. The maximum absolute atomic E-state index is 12.6. The van der Waals surface area contributed by atoms with E-state index in [-0.39, 0.29) is 17.4 Å². The quantitative estimate of drug-likeness (QED) is 0.871. The molecule has 0 aliphatic heterocycles. The van der Waals surface area contributed by atoms with Gasteiger partial charge in [0.05, 0.1) is 11.5 Å². The van der Waals surface area contributed by atoms with Crippen LogP contribution in [0.3, 0.4) is 0 Å². The summed E-state index contributed by atoms with van der Waals surface area (Å²) in [6, 6.07) is 8.56. The first-order valence-corrected chi connectivity index (χ1v) is 8.09. The highest BCUT2D eigenvalue weighted by Gasteiger charge is 2.40. The van der Waals surface area contributed by atoms with Crippen molar-refractivity contribution in [2.45, 2.75) is 58.4 Å². The molecule has 1 unspecified atom stereocenters. The summed E-state index contributed by atoms with van der Waals surface area (Å²) in [5, 5.41) is 3.16. The minimum Gasteiger partial charge on any atom is -0.349 e. The highest BCUT2D eigenvalue weighted by molar-refractivity contribution is 5.83. The minimum atomic E-state index is -0.327. The van der Waals surface area contributed by atoms with E-state index in [9.17, 15) is 4.79 Å². The molecule has 21 heavy (non-hydrogen) atoms. The third kappa shape index (κ3) is 3.46. The molecule has 0 heterocycles. The molecule has 3 N–H and O–H groups in total. The second kappa shape index (κ2) is 6.61. The molecular formula is C18H28N2O. The number of rotatable bonds is 5. The van der Waals surface area contributed by atoms with Gasteiger partial charge in [0.2, 0.25) is 5.91 Å². The van der Waals surface area contributed by atoms with Crippen molar-refractivity contribution in [2.75, 3.05) is 6.54 Å². The second-order valence-electron chi connectivity index (χ2n) is 6.71. The molecule has 0 bridgehead atoms. The van der Waals surface area contributed by atoms with Crippen molar-refractivity contribution < 1.29 is 4.79 Å². The lowest BCUT2D eigenvalue weighted by molar-refractivity contribution is -0.131. The van der Waals surface area contributed by atoms with Crippen LogP contribution in [0.15, 0.2) is 24.3 Å². The van der Waals surface area contributed by atoms with Gasteiger partial charge in [-0.2, -0.15) is 0 Å². The van der Waals surface area contributed by atoms with Gasteiger partial charge < -0.3 is 11.1 Å². The Labute approximate surface area is 128 Å². The topological polar surface area (TPSA) is 55.1 Å². The maximum Gasteiger partial charge on any atom is 0.227 e. The summed E-state index contributed by atoms with van der Waals surface area (Å²) in [6.07, 6.45) is 4.08. The van der Waals surface area contributed by atoms with Crippen LogP contribution < -0.4 is 11.1 Å². The predicted octanol–water partition coefficient (Wildman–Crippen LogP) is 3.51. The van der Waals surface area contributed by atoms with Gasteiger partial charge in [-0.25, -0.2) is 0 Å². The van der Waals surface area contributed by atoms with Gasteiger partial charge in [0.25, 0.3) is 0 Å². The van der Waals surface area contributed by atoms with Gasteiger partial charge >= 0.3 is 0 Å². The van der Waals surface area contributed by atoms with Crippen LogP contribution in [0, 0.1) is 5.41 Å². The monoisotopic (exact) mass is 288 g/mol. The highest BCUT2D eigenvalue weighted by Crippen LogP contribution is 2.37. The average molecular weight is 288 g/mol. The van der Waals surface area contributed by atoms with E-state index in [4.69, 9.17) is 5.73 Å². The summed E-state index contributed by atoms with van der Waals surface area (Å²) in [5.41, 5.74) is 8.03. The molecule has 116 valence electrons. The van der Waals surface area contributed by atoms with Crippen LogP contribution in [0.1, 0.15) is 69.5 Å². The molecule has 3 nitrogen and oxygen atoms in total. The van der Waals surface area contributed by atoms with E-state index in [2.05, 4.69) is 43.4 Å². The SMILES string of the molecule is CC(C)c1ccc(C(C)NC(=O)C2(CN)CCCC2)cc1. The zero-order chi connectivity index (χ0) is 15.5. The fourth-order valence-electron chi connectivity index (χ4n) is 3.18. The zero-order valence-electron chi connectivity index (χ0n) is 13.5. The Morgan fingerprint density at radius 3 is 2.14 bits per heavy atom. The van der Waals surface area contributed by atoms with Crippen molar-refractivity contribution in [1.82, 2.24) is 5.32 Å². The lowest BCUT2D eigenvalue weighted by Gasteiger charge is -2.28. The van der Waals surface area contributed by atoms with E-state index >= 15 is 0 Å². The number of hydrogen-bond donors (Lipinski definition) is 2. The lowest BCUT2D eigenvalue weighted by atomic mass is 9.85. The van der Waals surface area contributed by atoms with Crippen molar-refractivity contribution in [3.8, 4) is 0 Å². The lowest BCUT2D eigenvalue weighted by Crippen LogP contribution is -2.44. The first kappa shape index (κ1) is 16.0. The first-order chi connectivity index (χ1) is 9.98. The van der Waals surface area contributed by atoms with Crippen LogP contribution in [0.4, 0.5) is 0 Å². The van der Waals surface area contributed by atoms with E-state index in [1.165, 1.54) is 5.56 Å². The standard InChI is InChI=1S/C18H28N2O/c1-13(2)15-6-8-16(9-7-15)14(3)20-17(21)18(12-19)10-4-5-11-18/h6-9,13-14H,4-5,10-12,19H2,1-3H3,(H,20,21).